The Bertz CT molecular complexity index is 359. The summed E-state index contributed by atoms with van der Waals surface area (Å²) in [6.07, 6.45) is 0.440. The molecule has 1 aromatic rings. The van der Waals surface area contributed by atoms with Crippen LogP contribution in [0.25, 0.3) is 0 Å². The Hall–Kier alpha value is -1.43. The van der Waals surface area contributed by atoms with Crippen LogP contribution in [-0.4, -0.2) is 35.5 Å². The highest BCUT2D eigenvalue weighted by molar-refractivity contribution is 5.83. The Morgan fingerprint density at radius 1 is 1.44 bits per heavy atom. The molecule has 0 aliphatic rings. The first-order valence-electron chi connectivity index (χ1n) is 5.03. The van der Waals surface area contributed by atoms with Gasteiger partial charge in [-0.1, -0.05) is 0 Å². The van der Waals surface area contributed by atoms with Crippen LogP contribution in [0, 0.1) is 0 Å². The SMILES string of the molecule is CCOC(=O)c1nnc(CC(C)(C)OC)o1. The summed E-state index contributed by atoms with van der Waals surface area (Å²) in [5.41, 5.74) is -0.404. The third kappa shape index (κ3) is 3.30. The minimum absolute atomic E-state index is 0.122. The van der Waals surface area contributed by atoms with Crippen LogP contribution in [0.2, 0.25) is 0 Å². The lowest BCUT2D eigenvalue weighted by Gasteiger charge is -2.20. The fraction of sp³-hybridized carbons (Fsp3) is 0.700. The molecule has 1 rings (SSSR count). The van der Waals surface area contributed by atoms with E-state index >= 15 is 0 Å². The van der Waals surface area contributed by atoms with Crippen molar-refractivity contribution < 1.29 is 18.7 Å². The van der Waals surface area contributed by atoms with Gasteiger partial charge in [0, 0.05) is 7.11 Å². The van der Waals surface area contributed by atoms with Crippen LogP contribution in [0.15, 0.2) is 4.42 Å². The first kappa shape index (κ1) is 12.6. The maximum atomic E-state index is 11.2. The van der Waals surface area contributed by atoms with Crippen molar-refractivity contribution in [3.05, 3.63) is 11.8 Å². The monoisotopic (exact) mass is 228 g/mol. The number of carbonyl (C=O) groups excluding carboxylic acids is 1. The number of nitrogens with zero attached hydrogens (tertiary/aromatic N) is 2. The standard InChI is InChI=1S/C10H16N2O4/c1-5-15-9(13)8-12-11-7(16-8)6-10(2,3)14-4/h5-6H2,1-4H3. The van der Waals surface area contributed by atoms with E-state index in [1.807, 2.05) is 13.8 Å². The van der Waals surface area contributed by atoms with Crippen molar-refractivity contribution in [1.82, 2.24) is 10.2 Å². The molecule has 0 aliphatic heterocycles. The second kappa shape index (κ2) is 5.07. The van der Waals surface area contributed by atoms with E-state index < -0.39 is 11.6 Å². The zero-order chi connectivity index (χ0) is 12.2. The third-order valence-electron chi connectivity index (χ3n) is 2.05. The van der Waals surface area contributed by atoms with Crippen molar-refractivity contribution in [2.75, 3.05) is 13.7 Å². The van der Waals surface area contributed by atoms with Gasteiger partial charge in [0.15, 0.2) is 0 Å². The van der Waals surface area contributed by atoms with E-state index in [-0.39, 0.29) is 12.5 Å². The lowest BCUT2D eigenvalue weighted by molar-refractivity contribution is 0.0173. The Balaban J connectivity index is 2.68. The van der Waals surface area contributed by atoms with E-state index in [1.165, 1.54) is 0 Å². The van der Waals surface area contributed by atoms with E-state index in [2.05, 4.69) is 10.2 Å². The topological polar surface area (TPSA) is 74.5 Å². The van der Waals surface area contributed by atoms with Gasteiger partial charge in [-0.05, 0) is 20.8 Å². The largest absolute Gasteiger partial charge is 0.459 e. The quantitative estimate of drug-likeness (QED) is 0.705. The average molecular weight is 228 g/mol. The fourth-order valence-electron chi connectivity index (χ4n) is 1.04. The molecule has 0 spiro atoms. The molecule has 6 nitrogen and oxygen atoms in total. The first-order chi connectivity index (χ1) is 7.48. The van der Waals surface area contributed by atoms with E-state index in [1.54, 1.807) is 14.0 Å². The van der Waals surface area contributed by atoms with Crippen LogP contribution < -0.4 is 0 Å². The lowest BCUT2D eigenvalue weighted by Crippen LogP contribution is -2.25. The summed E-state index contributed by atoms with van der Waals surface area (Å²) in [5.74, 6) is -0.366. The van der Waals surface area contributed by atoms with Gasteiger partial charge in [0.05, 0.1) is 18.6 Å². The van der Waals surface area contributed by atoms with E-state index in [4.69, 9.17) is 13.9 Å². The minimum atomic E-state index is -0.600. The lowest BCUT2D eigenvalue weighted by atomic mass is 10.1. The van der Waals surface area contributed by atoms with Gasteiger partial charge in [-0.2, -0.15) is 0 Å². The van der Waals surface area contributed by atoms with Crippen LogP contribution in [-0.2, 0) is 15.9 Å². The molecule has 0 bridgehead atoms. The molecule has 0 N–H and O–H groups in total. The fourth-order valence-corrected chi connectivity index (χ4v) is 1.04. The highest BCUT2D eigenvalue weighted by Crippen LogP contribution is 2.15. The predicted octanol–water partition coefficient (Wildman–Crippen LogP) is 1.21. The highest BCUT2D eigenvalue weighted by Gasteiger charge is 2.23. The molecule has 1 aromatic heterocycles. The van der Waals surface area contributed by atoms with Crippen molar-refractivity contribution in [2.24, 2.45) is 0 Å². The van der Waals surface area contributed by atoms with E-state index in [9.17, 15) is 4.79 Å². The molecule has 90 valence electrons. The van der Waals surface area contributed by atoms with Crippen molar-refractivity contribution in [3.63, 3.8) is 0 Å². The van der Waals surface area contributed by atoms with Crippen molar-refractivity contribution >= 4 is 5.97 Å². The van der Waals surface area contributed by atoms with Gasteiger partial charge in [0.2, 0.25) is 5.89 Å². The molecule has 0 saturated carbocycles. The van der Waals surface area contributed by atoms with E-state index in [0.717, 1.165) is 0 Å². The minimum Gasteiger partial charge on any atom is -0.459 e. The Kier molecular flexibility index (Phi) is 4.00. The summed E-state index contributed by atoms with van der Waals surface area (Å²) in [5, 5.41) is 7.36. The molecule has 0 fully saturated rings. The number of rotatable bonds is 5. The molecular formula is C10H16N2O4. The molecule has 0 radical (unpaired) electrons. The van der Waals surface area contributed by atoms with Gasteiger partial charge in [-0.3, -0.25) is 0 Å². The van der Waals surface area contributed by atoms with Crippen LogP contribution >= 0.6 is 0 Å². The Morgan fingerprint density at radius 3 is 2.69 bits per heavy atom. The van der Waals surface area contributed by atoms with Gasteiger partial charge in [0.1, 0.15) is 0 Å². The molecule has 0 atom stereocenters. The summed E-state index contributed by atoms with van der Waals surface area (Å²) in [6, 6.07) is 0. The maximum absolute atomic E-state index is 11.2. The molecule has 0 saturated heterocycles. The van der Waals surface area contributed by atoms with Crippen LogP contribution in [0.1, 0.15) is 37.3 Å². The smallest absolute Gasteiger partial charge is 0.396 e. The van der Waals surface area contributed by atoms with Gasteiger partial charge in [-0.15, -0.1) is 10.2 Å². The molecule has 1 heterocycles. The Labute approximate surface area is 93.9 Å². The molecule has 0 amide bonds. The summed E-state index contributed by atoms with van der Waals surface area (Å²) >= 11 is 0. The van der Waals surface area contributed by atoms with Crippen molar-refractivity contribution in [1.29, 1.82) is 0 Å². The number of hydrogen-bond donors (Lipinski definition) is 0. The number of hydrogen-bond acceptors (Lipinski definition) is 6. The van der Waals surface area contributed by atoms with Crippen LogP contribution in [0.4, 0.5) is 0 Å². The van der Waals surface area contributed by atoms with Crippen molar-refractivity contribution in [2.45, 2.75) is 32.8 Å². The number of ether oxygens (including phenoxy) is 2. The number of aromatic nitrogens is 2. The second-order valence-electron chi connectivity index (χ2n) is 3.86. The molecule has 0 unspecified atom stereocenters. The zero-order valence-electron chi connectivity index (χ0n) is 9.94. The van der Waals surface area contributed by atoms with Gasteiger partial charge >= 0.3 is 11.9 Å². The average Bonchev–Trinajstić information content (AvgIpc) is 2.66. The second-order valence-corrected chi connectivity index (χ2v) is 3.86. The summed E-state index contributed by atoms with van der Waals surface area (Å²) in [4.78, 5) is 11.2. The molecular weight excluding hydrogens is 212 g/mol. The Morgan fingerprint density at radius 2 is 2.12 bits per heavy atom. The number of carbonyl (C=O) groups is 1. The third-order valence-corrected chi connectivity index (χ3v) is 2.05. The van der Waals surface area contributed by atoms with Crippen LogP contribution in [0.3, 0.4) is 0 Å². The van der Waals surface area contributed by atoms with Crippen molar-refractivity contribution in [3.8, 4) is 0 Å². The first-order valence-corrected chi connectivity index (χ1v) is 5.03. The highest BCUT2D eigenvalue weighted by atomic mass is 16.5. The summed E-state index contributed by atoms with van der Waals surface area (Å²) < 4.78 is 15.1. The van der Waals surface area contributed by atoms with E-state index in [0.29, 0.717) is 12.3 Å². The van der Waals surface area contributed by atoms with Gasteiger partial charge in [0.25, 0.3) is 0 Å². The summed E-state index contributed by atoms with van der Waals surface area (Å²) in [6.45, 7) is 5.77. The normalized spacial score (nSPS) is 11.5. The number of methoxy groups -OCH3 is 1. The number of esters is 1. The van der Waals surface area contributed by atoms with Crippen LogP contribution in [0.5, 0.6) is 0 Å². The maximum Gasteiger partial charge on any atom is 0.396 e. The molecule has 16 heavy (non-hydrogen) atoms. The van der Waals surface area contributed by atoms with Gasteiger partial charge < -0.3 is 13.9 Å². The van der Waals surface area contributed by atoms with Gasteiger partial charge in [-0.25, -0.2) is 4.79 Å². The predicted molar refractivity (Wildman–Crippen MR) is 55.0 cm³/mol. The molecule has 0 aliphatic carbocycles. The zero-order valence-corrected chi connectivity index (χ0v) is 9.94. The molecule has 0 aromatic carbocycles. The summed E-state index contributed by atoms with van der Waals surface area (Å²) in [7, 11) is 1.60. The molecule has 6 heteroatoms.